The number of hydrogen-bond acceptors (Lipinski definition) is 8. The van der Waals surface area contributed by atoms with E-state index in [2.05, 4.69) is 36.0 Å². The molecule has 0 saturated carbocycles. The third-order valence-corrected chi connectivity index (χ3v) is 7.51. The summed E-state index contributed by atoms with van der Waals surface area (Å²) in [5.74, 6) is 0.469. The quantitative estimate of drug-likeness (QED) is 0.403. The fraction of sp³-hybridized carbons (Fsp3) is 0.435. The number of rotatable bonds is 4. The van der Waals surface area contributed by atoms with Crippen molar-refractivity contribution in [3.8, 4) is 0 Å². The van der Waals surface area contributed by atoms with Crippen molar-refractivity contribution in [3.63, 3.8) is 0 Å². The summed E-state index contributed by atoms with van der Waals surface area (Å²) in [6.45, 7) is 10.0. The second kappa shape index (κ2) is 8.13. The number of aryl methyl sites for hydroxylation is 1. The third kappa shape index (κ3) is 4.51. The summed E-state index contributed by atoms with van der Waals surface area (Å²) in [6, 6.07) is 7.40. The topological polar surface area (TPSA) is 80.5 Å². The summed E-state index contributed by atoms with van der Waals surface area (Å²) < 4.78 is 12.7. The molecule has 168 valence electrons. The third-order valence-electron chi connectivity index (χ3n) is 5.29. The summed E-state index contributed by atoms with van der Waals surface area (Å²) in [6.07, 6.45) is 2.32. The first-order valence-corrected chi connectivity index (χ1v) is 12.4. The Morgan fingerprint density at radius 2 is 1.97 bits per heavy atom. The number of carbonyl (C=O) groups excluding carboxylic acids is 1. The van der Waals surface area contributed by atoms with Gasteiger partial charge in [-0.05, 0) is 57.9 Å². The molecule has 1 fully saturated rings. The Balaban J connectivity index is 1.25. The lowest BCUT2D eigenvalue weighted by atomic mass is 10.1. The Morgan fingerprint density at radius 1 is 1.19 bits per heavy atom. The highest BCUT2D eigenvalue weighted by Crippen LogP contribution is 2.36. The van der Waals surface area contributed by atoms with Crippen LogP contribution in [0.2, 0.25) is 0 Å². The highest BCUT2D eigenvalue weighted by molar-refractivity contribution is 7.29. The molecule has 0 aliphatic carbocycles. The number of benzene rings is 1. The van der Waals surface area contributed by atoms with Crippen molar-refractivity contribution in [3.05, 3.63) is 35.0 Å². The van der Waals surface area contributed by atoms with Crippen molar-refractivity contribution >= 4 is 60.0 Å². The minimum Gasteiger partial charge on any atom is -0.441 e. The molecule has 4 aromatic rings. The summed E-state index contributed by atoms with van der Waals surface area (Å²) in [5, 5.41) is 3.98. The molecule has 1 saturated heterocycles. The number of carbonyl (C=O) groups is 1. The van der Waals surface area contributed by atoms with E-state index in [9.17, 15) is 4.79 Å². The fourth-order valence-electron chi connectivity index (χ4n) is 3.95. The number of fused-ring (bicyclic) bond motifs is 2. The molecule has 5 rings (SSSR count). The summed E-state index contributed by atoms with van der Waals surface area (Å²) in [4.78, 5) is 25.8. The zero-order chi connectivity index (χ0) is 22.5. The molecule has 3 aromatic heterocycles. The molecule has 1 aliphatic rings. The van der Waals surface area contributed by atoms with Crippen LogP contribution in [0.15, 0.2) is 28.7 Å². The first-order valence-electron chi connectivity index (χ1n) is 10.8. The van der Waals surface area contributed by atoms with Gasteiger partial charge in [-0.15, -0.1) is 11.3 Å². The molecule has 9 heteroatoms. The lowest BCUT2D eigenvalue weighted by Crippen LogP contribution is -2.39. The lowest BCUT2D eigenvalue weighted by molar-refractivity contribution is -0.0683. The van der Waals surface area contributed by atoms with Crippen molar-refractivity contribution in [1.82, 2.24) is 9.97 Å². The van der Waals surface area contributed by atoms with Crippen LogP contribution >= 0.6 is 22.7 Å². The van der Waals surface area contributed by atoms with Crippen molar-refractivity contribution in [1.29, 1.82) is 0 Å². The van der Waals surface area contributed by atoms with E-state index in [0.29, 0.717) is 28.1 Å². The van der Waals surface area contributed by atoms with E-state index in [1.807, 2.05) is 24.3 Å². The molecule has 0 atom stereocenters. The molecular formula is C23H26N4O3S2. The van der Waals surface area contributed by atoms with E-state index in [-0.39, 0.29) is 11.5 Å². The van der Waals surface area contributed by atoms with Crippen molar-refractivity contribution in [2.45, 2.75) is 52.2 Å². The minimum absolute atomic E-state index is 0.104. The minimum atomic E-state index is -0.138. The Labute approximate surface area is 194 Å². The van der Waals surface area contributed by atoms with Gasteiger partial charge < -0.3 is 19.4 Å². The maximum absolute atomic E-state index is 12.8. The number of thiophene rings is 1. The maximum atomic E-state index is 12.8. The van der Waals surface area contributed by atoms with Gasteiger partial charge in [-0.1, -0.05) is 11.3 Å². The molecular weight excluding hydrogens is 444 g/mol. The van der Waals surface area contributed by atoms with Gasteiger partial charge in [0.05, 0.1) is 21.3 Å². The van der Waals surface area contributed by atoms with Gasteiger partial charge in [0.1, 0.15) is 10.3 Å². The van der Waals surface area contributed by atoms with Crippen LogP contribution in [0.1, 0.15) is 49.2 Å². The van der Waals surface area contributed by atoms with E-state index in [0.717, 1.165) is 46.1 Å². The molecule has 0 spiro atoms. The van der Waals surface area contributed by atoms with E-state index >= 15 is 0 Å². The lowest BCUT2D eigenvalue weighted by Gasteiger charge is -2.35. The van der Waals surface area contributed by atoms with Crippen LogP contribution in [0.4, 0.5) is 10.8 Å². The molecule has 1 N–H and O–H groups in total. The van der Waals surface area contributed by atoms with Gasteiger partial charge in [0.15, 0.2) is 16.6 Å². The van der Waals surface area contributed by atoms with Crippen LogP contribution in [0, 0.1) is 6.92 Å². The number of hydrogen-bond donors (Lipinski definition) is 1. The number of aromatic nitrogens is 2. The van der Waals surface area contributed by atoms with Crippen LogP contribution < -0.4 is 10.2 Å². The Morgan fingerprint density at radius 3 is 2.69 bits per heavy atom. The molecule has 1 aromatic carbocycles. The van der Waals surface area contributed by atoms with Gasteiger partial charge in [-0.25, -0.2) is 9.97 Å². The van der Waals surface area contributed by atoms with E-state index in [1.54, 1.807) is 18.3 Å². The van der Waals surface area contributed by atoms with Crippen LogP contribution in [0.25, 0.3) is 20.6 Å². The monoisotopic (exact) mass is 470 g/mol. The number of piperidine rings is 1. The normalized spacial score (nSPS) is 15.7. The van der Waals surface area contributed by atoms with Gasteiger partial charge in [0, 0.05) is 25.7 Å². The van der Waals surface area contributed by atoms with E-state index in [4.69, 9.17) is 14.1 Å². The van der Waals surface area contributed by atoms with Gasteiger partial charge in [-0.3, -0.25) is 4.79 Å². The van der Waals surface area contributed by atoms with Gasteiger partial charge in [0.2, 0.25) is 0 Å². The molecule has 1 amide bonds. The maximum Gasteiger partial charge on any atom is 0.265 e. The van der Waals surface area contributed by atoms with Crippen LogP contribution in [-0.2, 0) is 4.74 Å². The number of oxazole rings is 1. The van der Waals surface area contributed by atoms with Gasteiger partial charge >= 0.3 is 0 Å². The Kier molecular flexibility index (Phi) is 5.43. The predicted octanol–water partition coefficient (Wildman–Crippen LogP) is 5.84. The smallest absolute Gasteiger partial charge is 0.265 e. The summed E-state index contributed by atoms with van der Waals surface area (Å²) in [7, 11) is 0. The summed E-state index contributed by atoms with van der Waals surface area (Å²) in [5.41, 5.74) is 2.03. The highest BCUT2D eigenvalue weighted by atomic mass is 32.1. The molecule has 0 unspecified atom stereocenters. The molecule has 1 aliphatic heterocycles. The average Bonchev–Trinajstić information content (AvgIpc) is 3.39. The number of ether oxygens (including phenoxy) is 1. The van der Waals surface area contributed by atoms with Crippen LogP contribution in [0.5, 0.6) is 0 Å². The van der Waals surface area contributed by atoms with Crippen molar-refractivity contribution in [2.24, 2.45) is 0 Å². The van der Waals surface area contributed by atoms with Gasteiger partial charge in [-0.2, -0.15) is 0 Å². The number of nitrogens with zero attached hydrogens (tertiary/aromatic N) is 3. The average molecular weight is 471 g/mol. The fourth-order valence-corrected chi connectivity index (χ4v) is 6.11. The number of amides is 1. The standard InChI is InChI=1S/C23H26N4O3S2/c1-13-24-16-11-14(5-6-17(16)29-13)25-20(28)18-12-19-21(31-18)26-22(32-19)27-9-7-15(8-10-27)30-23(2,3)4/h5-6,11-12,15H,7-10H2,1-4H3,(H,25,28). The van der Waals surface area contributed by atoms with E-state index in [1.165, 1.54) is 11.3 Å². The second-order valence-corrected chi connectivity index (χ2v) is 11.1. The molecule has 0 radical (unpaired) electrons. The molecule has 7 nitrogen and oxygen atoms in total. The molecule has 32 heavy (non-hydrogen) atoms. The number of thiazole rings is 1. The van der Waals surface area contributed by atoms with Crippen LogP contribution in [0.3, 0.4) is 0 Å². The first kappa shape index (κ1) is 21.4. The van der Waals surface area contributed by atoms with Gasteiger partial charge in [0.25, 0.3) is 5.91 Å². The zero-order valence-corrected chi connectivity index (χ0v) is 20.2. The second-order valence-electron chi connectivity index (χ2n) is 9.06. The highest BCUT2D eigenvalue weighted by Gasteiger charge is 2.26. The molecule has 0 bridgehead atoms. The zero-order valence-electron chi connectivity index (χ0n) is 18.6. The number of nitrogens with one attached hydrogen (secondary N) is 1. The van der Waals surface area contributed by atoms with E-state index < -0.39 is 0 Å². The predicted molar refractivity (Wildman–Crippen MR) is 130 cm³/mol. The Hall–Kier alpha value is -2.49. The first-order chi connectivity index (χ1) is 15.2. The SMILES string of the molecule is Cc1nc2cc(NC(=O)c3cc4sc(N5CCC(OC(C)(C)C)CC5)nc4s3)ccc2o1. The molecule has 4 heterocycles. The summed E-state index contributed by atoms with van der Waals surface area (Å²) >= 11 is 3.08. The number of anilines is 2. The Bertz CT molecular complexity index is 1240. The van der Waals surface area contributed by atoms with Crippen molar-refractivity contribution in [2.75, 3.05) is 23.3 Å². The van der Waals surface area contributed by atoms with Crippen molar-refractivity contribution < 1.29 is 13.9 Å². The van der Waals surface area contributed by atoms with Crippen LogP contribution in [-0.4, -0.2) is 40.7 Å². The largest absolute Gasteiger partial charge is 0.441 e.